The zero-order valence-electron chi connectivity index (χ0n) is 7.34. The molecular weight excluding hydrogens is 154 g/mol. The first kappa shape index (κ1) is 11.0. The zero-order chi connectivity index (χ0) is 9.40. The zero-order valence-corrected chi connectivity index (χ0v) is 7.34. The topological polar surface area (TPSA) is 49.3 Å². The maximum Gasteiger partial charge on any atom is 0.232 e. The van der Waals surface area contributed by atoms with E-state index in [2.05, 4.69) is 11.2 Å². The molecule has 0 saturated carbocycles. The Labute approximate surface area is 73.2 Å². The largest absolute Gasteiger partial charge is 0.396 e. The predicted octanol–water partition coefficient (Wildman–Crippen LogP) is 0.287. The van der Waals surface area contributed by atoms with Crippen molar-refractivity contribution in [2.24, 2.45) is 0 Å². The van der Waals surface area contributed by atoms with Gasteiger partial charge in [-0.1, -0.05) is 5.92 Å². The molecule has 1 unspecified atom stereocenters. The Morgan fingerprint density at radius 3 is 2.92 bits per heavy atom. The molecule has 0 aliphatic carbocycles. The first-order valence-corrected chi connectivity index (χ1v) is 4.04. The molecule has 0 saturated heterocycles. The van der Waals surface area contributed by atoms with E-state index in [4.69, 9.17) is 11.5 Å². The van der Waals surface area contributed by atoms with Crippen LogP contribution in [0.1, 0.15) is 26.2 Å². The lowest BCUT2D eigenvalue weighted by molar-refractivity contribution is -0.120. The number of hydrogen-bond donors (Lipinski definition) is 2. The highest BCUT2D eigenvalue weighted by Gasteiger charge is 2.04. The van der Waals surface area contributed by atoms with Crippen molar-refractivity contribution in [3.05, 3.63) is 0 Å². The third-order valence-electron chi connectivity index (χ3n) is 1.47. The number of aliphatic hydroxyl groups excluding tert-OH is 1. The lowest BCUT2D eigenvalue weighted by Gasteiger charge is -2.11. The van der Waals surface area contributed by atoms with Gasteiger partial charge in [-0.3, -0.25) is 4.79 Å². The second-order valence-corrected chi connectivity index (χ2v) is 2.72. The van der Waals surface area contributed by atoms with E-state index in [1.54, 1.807) is 0 Å². The molecule has 0 fully saturated rings. The van der Waals surface area contributed by atoms with Gasteiger partial charge in [-0.15, -0.1) is 6.42 Å². The maximum absolute atomic E-state index is 10.9. The minimum atomic E-state index is -0.122. The van der Waals surface area contributed by atoms with Crippen molar-refractivity contribution in [1.82, 2.24) is 5.32 Å². The summed E-state index contributed by atoms with van der Waals surface area (Å²) >= 11 is 0. The van der Waals surface area contributed by atoms with Gasteiger partial charge in [0.25, 0.3) is 0 Å². The lowest BCUT2D eigenvalue weighted by Crippen LogP contribution is -2.32. The van der Waals surface area contributed by atoms with Crippen molar-refractivity contribution < 1.29 is 9.90 Å². The number of nitrogens with one attached hydrogen (secondary N) is 1. The third-order valence-corrected chi connectivity index (χ3v) is 1.47. The van der Waals surface area contributed by atoms with Crippen molar-refractivity contribution in [3.8, 4) is 12.3 Å². The molecule has 0 heterocycles. The number of aliphatic hydroxyl groups is 1. The first-order valence-electron chi connectivity index (χ1n) is 4.04. The van der Waals surface area contributed by atoms with Crippen LogP contribution in [-0.2, 0) is 4.79 Å². The van der Waals surface area contributed by atoms with Crippen LogP contribution in [0.25, 0.3) is 0 Å². The lowest BCUT2D eigenvalue weighted by atomic mass is 10.2. The quantitative estimate of drug-likeness (QED) is 0.581. The van der Waals surface area contributed by atoms with Gasteiger partial charge in [-0.2, -0.15) is 0 Å². The Hall–Kier alpha value is -1.01. The second-order valence-electron chi connectivity index (χ2n) is 2.72. The molecule has 0 spiro atoms. The number of carbonyl (C=O) groups is 1. The summed E-state index contributed by atoms with van der Waals surface area (Å²) in [5.41, 5.74) is 0. The Morgan fingerprint density at radius 2 is 2.42 bits per heavy atom. The fourth-order valence-electron chi connectivity index (χ4n) is 0.888. The minimum absolute atomic E-state index is 0.0954. The fraction of sp³-hybridized carbons (Fsp3) is 0.667. The van der Waals surface area contributed by atoms with Gasteiger partial charge in [-0.05, 0) is 19.8 Å². The van der Waals surface area contributed by atoms with Crippen LogP contribution in [-0.4, -0.2) is 23.7 Å². The van der Waals surface area contributed by atoms with Crippen LogP contribution in [0.5, 0.6) is 0 Å². The summed E-state index contributed by atoms with van der Waals surface area (Å²) in [6.45, 7) is 2.05. The van der Waals surface area contributed by atoms with Crippen LogP contribution in [0.15, 0.2) is 0 Å². The van der Waals surface area contributed by atoms with E-state index < -0.39 is 0 Å². The van der Waals surface area contributed by atoms with Crippen molar-refractivity contribution in [2.75, 3.05) is 6.61 Å². The van der Waals surface area contributed by atoms with Gasteiger partial charge in [0.2, 0.25) is 5.91 Å². The summed E-state index contributed by atoms with van der Waals surface area (Å²) in [7, 11) is 0. The van der Waals surface area contributed by atoms with E-state index in [1.165, 1.54) is 0 Å². The van der Waals surface area contributed by atoms with Gasteiger partial charge in [0, 0.05) is 12.6 Å². The highest BCUT2D eigenvalue weighted by Crippen LogP contribution is 1.95. The monoisotopic (exact) mass is 169 g/mol. The molecule has 12 heavy (non-hydrogen) atoms. The average Bonchev–Trinajstić information content (AvgIpc) is 2.01. The van der Waals surface area contributed by atoms with Crippen molar-refractivity contribution in [1.29, 1.82) is 0 Å². The van der Waals surface area contributed by atoms with Gasteiger partial charge >= 0.3 is 0 Å². The first-order chi connectivity index (χ1) is 5.70. The molecule has 0 rings (SSSR count). The van der Waals surface area contributed by atoms with Gasteiger partial charge in [-0.25, -0.2) is 0 Å². The highest BCUT2D eigenvalue weighted by atomic mass is 16.2. The Balaban J connectivity index is 3.48. The summed E-state index contributed by atoms with van der Waals surface area (Å²) < 4.78 is 0. The van der Waals surface area contributed by atoms with E-state index >= 15 is 0 Å². The Bertz CT molecular complexity index is 172. The van der Waals surface area contributed by atoms with Gasteiger partial charge < -0.3 is 10.4 Å². The van der Waals surface area contributed by atoms with Crippen molar-refractivity contribution >= 4 is 5.91 Å². The van der Waals surface area contributed by atoms with Crippen LogP contribution < -0.4 is 5.32 Å². The number of amides is 1. The van der Waals surface area contributed by atoms with Crippen LogP contribution in [0.3, 0.4) is 0 Å². The average molecular weight is 169 g/mol. The van der Waals surface area contributed by atoms with E-state index in [9.17, 15) is 4.79 Å². The van der Waals surface area contributed by atoms with E-state index in [0.29, 0.717) is 6.42 Å². The molecule has 0 aromatic heterocycles. The summed E-state index contributed by atoms with van der Waals surface area (Å²) in [4.78, 5) is 10.9. The molecule has 0 aromatic rings. The molecule has 0 radical (unpaired) electrons. The van der Waals surface area contributed by atoms with E-state index in [-0.39, 0.29) is 25.0 Å². The number of carbonyl (C=O) groups excluding carboxylic acids is 1. The van der Waals surface area contributed by atoms with Gasteiger partial charge in [0.1, 0.15) is 0 Å². The molecular formula is C9H15NO2. The molecule has 0 aliphatic rings. The van der Waals surface area contributed by atoms with Crippen molar-refractivity contribution in [2.45, 2.75) is 32.2 Å². The molecule has 68 valence electrons. The summed E-state index contributed by atoms with van der Waals surface area (Å²) in [5.74, 6) is 2.15. The molecule has 2 N–H and O–H groups in total. The third kappa shape index (κ3) is 5.75. The number of terminal acetylenes is 1. The molecule has 0 bridgehead atoms. The second kappa shape index (κ2) is 6.68. The van der Waals surface area contributed by atoms with Gasteiger partial charge in [0.15, 0.2) is 0 Å². The van der Waals surface area contributed by atoms with E-state index in [0.717, 1.165) is 6.42 Å². The normalized spacial score (nSPS) is 11.8. The maximum atomic E-state index is 10.9. The number of hydrogen-bond acceptors (Lipinski definition) is 2. The van der Waals surface area contributed by atoms with Crippen LogP contribution in [0.2, 0.25) is 0 Å². The standard InChI is InChI=1S/C9H15NO2/c1-3-5-9(12)10-8(2)6-4-7-11/h1,8,11H,4-7H2,2H3,(H,10,12). The fourth-order valence-corrected chi connectivity index (χ4v) is 0.888. The molecule has 3 heteroatoms. The van der Waals surface area contributed by atoms with E-state index in [1.807, 2.05) is 6.92 Å². The summed E-state index contributed by atoms with van der Waals surface area (Å²) in [6, 6.07) is 0.0954. The molecule has 0 aliphatic heterocycles. The molecule has 1 atom stereocenters. The summed E-state index contributed by atoms with van der Waals surface area (Å²) in [6.07, 6.45) is 6.57. The van der Waals surface area contributed by atoms with Crippen LogP contribution in [0.4, 0.5) is 0 Å². The highest BCUT2D eigenvalue weighted by molar-refractivity contribution is 5.78. The molecule has 1 amide bonds. The van der Waals surface area contributed by atoms with Crippen molar-refractivity contribution in [3.63, 3.8) is 0 Å². The van der Waals surface area contributed by atoms with Crippen LogP contribution in [0, 0.1) is 12.3 Å². The van der Waals surface area contributed by atoms with Crippen LogP contribution >= 0.6 is 0 Å². The Kier molecular flexibility index (Phi) is 6.12. The molecule has 0 aromatic carbocycles. The SMILES string of the molecule is C#CCC(=O)NC(C)CCCO. The van der Waals surface area contributed by atoms with Gasteiger partial charge in [0.05, 0.1) is 6.42 Å². The minimum Gasteiger partial charge on any atom is -0.396 e. The predicted molar refractivity (Wildman–Crippen MR) is 47.4 cm³/mol. The summed E-state index contributed by atoms with van der Waals surface area (Å²) in [5, 5.41) is 11.2. The Morgan fingerprint density at radius 1 is 1.75 bits per heavy atom. The molecule has 3 nitrogen and oxygen atoms in total. The smallest absolute Gasteiger partial charge is 0.232 e. The number of rotatable bonds is 5.